The van der Waals surface area contributed by atoms with Gasteiger partial charge in [0.1, 0.15) is 6.61 Å². The lowest BCUT2D eigenvalue weighted by atomic mass is 10.0. The lowest BCUT2D eigenvalue weighted by molar-refractivity contribution is -0.161. The Morgan fingerprint density at radius 2 is 0.827 bits per heavy atom. The summed E-state index contributed by atoms with van der Waals surface area (Å²) in [5.74, 6) is -0.612. The Bertz CT molecular complexity index is 873. The van der Waals surface area contributed by atoms with Crippen LogP contribution >= 0.6 is 0 Å². The number of unbranched alkanes of at least 4 members (excludes halogenated alkanes) is 24. The summed E-state index contributed by atoms with van der Waals surface area (Å²) in [5.41, 5.74) is 0. The van der Waals surface area contributed by atoms with Gasteiger partial charge < -0.3 is 14.6 Å². The van der Waals surface area contributed by atoms with Gasteiger partial charge in [-0.2, -0.15) is 0 Å². The van der Waals surface area contributed by atoms with Gasteiger partial charge in [0.25, 0.3) is 0 Å². The number of ether oxygens (including phenoxy) is 2. The van der Waals surface area contributed by atoms with Gasteiger partial charge in [0.2, 0.25) is 0 Å². The molecule has 0 fully saturated rings. The molecule has 302 valence electrons. The maximum absolute atomic E-state index is 12.2. The normalized spacial score (nSPS) is 12.6. The van der Waals surface area contributed by atoms with Gasteiger partial charge in [-0.15, -0.1) is 0 Å². The van der Waals surface area contributed by atoms with E-state index in [4.69, 9.17) is 9.47 Å². The maximum Gasteiger partial charge on any atom is 0.306 e. The summed E-state index contributed by atoms with van der Waals surface area (Å²) < 4.78 is 10.6. The standard InChI is InChI=1S/C47H84O5/c1-3-5-7-9-11-13-15-17-19-21-22-23-24-26-27-29-31-33-35-37-39-41-46(49)51-44-45(43-48)52-47(50)42-40-38-36-34-32-30-28-25-20-18-16-14-12-10-8-6-4-2/h6,8,12,14,18,20,28,30,45,48H,3-5,7,9-11,13,15-17,19,21-27,29,31-44H2,1-2H3/b8-6-,14-12-,20-18-,30-28-. The fourth-order valence-corrected chi connectivity index (χ4v) is 6.31. The monoisotopic (exact) mass is 729 g/mol. The smallest absolute Gasteiger partial charge is 0.306 e. The molecule has 0 heterocycles. The minimum absolute atomic E-state index is 0.0742. The van der Waals surface area contributed by atoms with E-state index < -0.39 is 6.10 Å². The number of hydrogen-bond donors (Lipinski definition) is 1. The molecule has 0 saturated heterocycles. The second-order valence-corrected chi connectivity index (χ2v) is 14.8. The van der Waals surface area contributed by atoms with Crippen LogP contribution in [0.5, 0.6) is 0 Å². The first-order valence-corrected chi connectivity index (χ1v) is 22.2. The van der Waals surface area contributed by atoms with E-state index in [-0.39, 0.29) is 25.2 Å². The zero-order chi connectivity index (χ0) is 37.8. The average molecular weight is 729 g/mol. The van der Waals surface area contributed by atoms with Crippen molar-refractivity contribution in [3.63, 3.8) is 0 Å². The Balaban J connectivity index is 3.53. The van der Waals surface area contributed by atoms with Gasteiger partial charge in [-0.25, -0.2) is 0 Å². The van der Waals surface area contributed by atoms with Crippen LogP contribution in [-0.2, 0) is 19.1 Å². The molecule has 0 radical (unpaired) electrons. The van der Waals surface area contributed by atoms with E-state index in [1.807, 2.05) is 0 Å². The van der Waals surface area contributed by atoms with Crippen LogP contribution in [0.2, 0.25) is 0 Å². The molecule has 0 bridgehead atoms. The predicted molar refractivity (Wildman–Crippen MR) is 224 cm³/mol. The van der Waals surface area contributed by atoms with Crippen molar-refractivity contribution in [3.05, 3.63) is 48.6 Å². The first-order valence-electron chi connectivity index (χ1n) is 22.2. The summed E-state index contributed by atoms with van der Waals surface area (Å²) in [6.45, 7) is 4.02. The molecule has 0 amide bonds. The van der Waals surface area contributed by atoms with Crippen LogP contribution in [0.3, 0.4) is 0 Å². The molecular formula is C47H84O5. The van der Waals surface area contributed by atoms with Crippen LogP contribution in [0.15, 0.2) is 48.6 Å². The van der Waals surface area contributed by atoms with Crippen molar-refractivity contribution in [2.45, 2.75) is 225 Å². The number of rotatable bonds is 40. The van der Waals surface area contributed by atoms with E-state index in [1.54, 1.807) is 0 Å². The minimum Gasteiger partial charge on any atom is -0.462 e. The van der Waals surface area contributed by atoms with Gasteiger partial charge in [0.15, 0.2) is 6.10 Å². The van der Waals surface area contributed by atoms with Crippen LogP contribution in [0.4, 0.5) is 0 Å². The van der Waals surface area contributed by atoms with Gasteiger partial charge in [0, 0.05) is 12.8 Å². The number of hydrogen-bond acceptors (Lipinski definition) is 5. The van der Waals surface area contributed by atoms with E-state index in [0.717, 1.165) is 77.0 Å². The Morgan fingerprint density at radius 3 is 1.25 bits per heavy atom. The Morgan fingerprint density at radius 1 is 0.462 bits per heavy atom. The summed E-state index contributed by atoms with van der Waals surface area (Å²) >= 11 is 0. The Labute approximate surface area is 322 Å². The van der Waals surface area contributed by atoms with E-state index in [1.165, 1.54) is 116 Å². The summed E-state index contributed by atoms with van der Waals surface area (Å²) in [4.78, 5) is 24.3. The third-order valence-corrected chi connectivity index (χ3v) is 9.64. The first-order chi connectivity index (χ1) is 25.6. The number of carbonyl (C=O) groups is 2. The van der Waals surface area contributed by atoms with Crippen LogP contribution in [0, 0.1) is 0 Å². The van der Waals surface area contributed by atoms with Crippen molar-refractivity contribution >= 4 is 11.9 Å². The molecule has 52 heavy (non-hydrogen) atoms. The van der Waals surface area contributed by atoms with E-state index in [2.05, 4.69) is 62.5 Å². The van der Waals surface area contributed by atoms with Crippen LogP contribution in [0.1, 0.15) is 219 Å². The van der Waals surface area contributed by atoms with E-state index in [9.17, 15) is 14.7 Å². The van der Waals surface area contributed by atoms with Gasteiger partial charge in [0.05, 0.1) is 6.61 Å². The van der Waals surface area contributed by atoms with Gasteiger partial charge in [-0.3, -0.25) is 9.59 Å². The summed E-state index contributed by atoms with van der Waals surface area (Å²) in [7, 11) is 0. The SMILES string of the molecule is CC/C=C\C/C=C\C/C=C\C/C=C\CCCCCCC(=O)OC(CO)COC(=O)CCCCCCCCCCCCCCCCCCCCCCC. The fraction of sp³-hybridized carbons (Fsp3) is 0.787. The highest BCUT2D eigenvalue weighted by atomic mass is 16.6. The largest absolute Gasteiger partial charge is 0.462 e. The number of carbonyl (C=O) groups excluding carboxylic acids is 2. The molecule has 0 spiro atoms. The van der Waals surface area contributed by atoms with Gasteiger partial charge in [-0.05, 0) is 51.4 Å². The zero-order valence-corrected chi connectivity index (χ0v) is 34.3. The Hall–Kier alpha value is -2.14. The molecule has 0 aliphatic carbocycles. The molecule has 1 N–H and O–H groups in total. The summed E-state index contributed by atoms with van der Waals surface area (Å²) in [6, 6.07) is 0. The van der Waals surface area contributed by atoms with E-state index in [0.29, 0.717) is 12.8 Å². The zero-order valence-electron chi connectivity index (χ0n) is 34.3. The molecule has 5 heteroatoms. The second kappa shape index (κ2) is 43.3. The minimum atomic E-state index is -0.783. The highest BCUT2D eigenvalue weighted by Gasteiger charge is 2.16. The molecule has 0 aliphatic rings. The average Bonchev–Trinajstić information content (AvgIpc) is 3.15. The quantitative estimate of drug-likeness (QED) is 0.0386. The van der Waals surface area contributed by atoms with Crippen LogP contribution in [0.25, 0.3) is 0 Å². The highest BCUT2D eigenvalue weighted by molar-refractivity contribution is 5.70. The molecule has 1 atom stereocenters. The topological polar surface area (TPSA) is 72.8 Å². The van der Waals surface area contributed by atoms with Crippen LogP contribution < -0.4 is 0 Å². The first kappa shape index (κ1) is 49.9. The van der Waals surface area contributed by atoms with Crippen molar-refractivity contribution < 1.29 is 24.2 Å². The van der Waals surface area contributed by atoms with Gasteiger partial charge >= 0.3 is 11.9 Å². The summed E-state index contributed by atoms with van der Waals surface area (Å²) in [6.07, 6.45) is 54.7. The second-order valence-electron chi connectivity index (χ2n) is 14.8. The fourth-order valence-electron chi connectivity index (χ4n) is 6.31. The number of esters is 2. The maximum atomic E-state index is 12.2. The molecule has 0 aromatic carbocycles. The van der Waals surface area contributed by atoms with Crippen LogP contribution in [-0.4, -0.2) is 36.4 Å². The highest BCUT2D eigenvalue weighted by Crippen LogP contribution is 2.16. The van der Waals surface area contributed by atoms with Crippen molar-refractivity contribution in [2.75, 3.05) is 13.2 Å². The molecule has 5 nitrogen and oxygen atoms in total. The van der Waals surface area contributed by atoms with E-state index >= 15 is 0 Å². The molecule has 1 unspecified atom stereocenters. The van der Waals surface area contributed by atoms with Crippen molar-refractivity contribution in [3.8, 4) is 0 Å². The number of aliphatic hydroxyl groups excluding tert-OH is 1. The third-order valence-electron chi connectivity index (χ3n) is 9.64. The summed E-state index contributed by atoms with van der Waals surface area (Å²) in [5, 5.41) is 9.58. The molecule has 0 aliphatic heterocycles. The molecular weight excluding hydrogens is 645 g/mol. The molecule has 0 aromatic rings. The lowest BCUT2D eigenvalue weighted by Crippen LogP contribution is -2.28. The predicted octanol–water partition coefficient (Wildman–Crippen LogP) is 14.2. The van der Waals surface area contributed by atoms with Crippen molar-refractivity contribution in [1.29, 1.82) is 0 Å². The van der Waals surface area contributed by atoms with Crippen molar-refractivity contribution in [2.24, 2.45) is 0 Å². The molecule has 0 saturated carbocycles. The molecule has 0 aromatic heterocycles. The number of aliphatic hydroxyl groups is 1. The lowest BCUT2D eigenvalue weighted by Gasteiger charge is -2.15. The molecule has 0 rings (SSSR count). The third kappa shape index (κ3) is 40.6. The number of allylic oxidation sites excluding steroid dienone is 8. The van der Waals surface area contributed by atoms with Gasteiger partial charge in [-0.1, -0.05) is 204 Å². The van der Waals surface area contributed by atoms with Crippen molar-refractivity contribution in [1.82, 2.24) is 0 Å². The Kier molecular flexibility index (Phi) is 41.5.